The van der Waals surface area contributed by atoms with E-state index in [1.54, 1.807) is 0 Å². The Balaban J connectivity index is 2.33. The number of nitrogens with zero attached hydrogens (tertiary/aromatic N) is 1. The van der Waals surface area contributed by atoms with Crippen LogP contribution in [-0.4, -0.2) is 10.8 Å². The molecule has 1 N–H and O–H groups in total. The summed E-state index contributed by atoms with van der Waals surface area (Å²) >= 11 is 11.6. The van der Waals surface area contributed by atoms with E-state index in [9.17, 15) is 19.3 Å². The van der Waals surface area contributed by atoms with Crippen LogP contribution in [0.25, 0.3) is 0 Å². The molecule has 8 heteroatoms. The van der Waals surface area contributed by atoms with E-state index in [1.165, 1.54) is 25.1 Å². The normalized spacial score (nSPS) is 10.4. The van der Waals surface area contributed by atoms with Crippen LogP contribution >= 0.6 is 23.2 Å². The molecule has 0 aliphatic heterocycles. The first-order valence-corrected chi connectivity index (χ1v) is 6.76. The minimum Gasteiger partial charge on any atom is -0.322 e. The minimum absolute atomic E-state index is 0.129. The van der Waals surface area contributed by atoms with Crippen molar-refractivity contribution in [3.8, 4) is 0 Å². The summed E-state index contributed by atoms with van der Waals surface area (Å²) in [6.07, 6.45) is 0. The number of hydrogen-bond donors (Lipinski definition) is 1. The van der Waals surface area contributed by atoms with Gasteiger partial charge in [0, 0.05) is 17.3 Å². The van der Waals surface area contributed by atoms with Crippen molar-refractivity contribution < 1.29 is 14.1 Å². The van der Waals surface area contributed by atoms with Gasteiger partial charge in [0.1, 0.15) is 5.82 Å². The van der Waals surface area contributed by atoms with E-state index in [0.29, 0.717) is 10.7 Å². The maximum atomic E-state index is 13.7. The molecule has 5 nitrogen and oxygen atoms in total. The van der Waals surface area contributed by atoms with E-state index >= 15 is 0 Å². The quantitative estimate of drug-likeness (QED) is 0.654. The molecule has 0 aromatic heterocycles. The first-order chi connectivity index (χ1) is 10.3. The molecule has 2 rings (SSSR count). The van der Waals surface area contributed by atoms with Crippen LogP contribution in [0.1, 0.15) is 15.9 Å². The van der Waals surface area contributed by atoms with Gasteiger partial charge in [-0.2, -0.15) is 0 Å². The van der Waals surface area contributed by atoms with E-state index in [4.69, 9.17) is 23.2 Å². The Morgan fingerprint density at radius 1 is 1.23 bits per heavy atom. The second-order valence-electron chi connectivity index (χ2n) is 4.44. The fourth-order valence-electron chi connectivity index (χ4n) is 1.76. The van der Waals surface area contributed by atoms with Crippen LogP contribution in [0.2, 0.25) is 10.0 Å². The van der Waals surface area contributed by atoms with Crippen LogP contribution in [0.3, 0.4) is 0 Å². The van der Waals surface area contributed by atoms with Gasteiger partial charge in [0.2, 0.25) is 0 Å². The molecular weight excluding hydrogens is 334 g/mol. The van der Waals surface area contributed by atoms with Crippen molar-refractivity contribution in [1.29, 1.82) is 0 Å². The number of benzene rings is 2. The van der Waals surface area contributed by atoms with Crippen LogP contribution in [0.4, 0.5) is 15.8 Å². The van der Waals surface area contributed by atoms with Gasteiger partial charge in [0.15, 0.2) is 0 Å². The molecule has 114 valence electrons. The van der Waals surface area contributed by atoms with Crippen molar-refractivity contribution in [2.75, 3.05) is 5.32 Å². The lowest BCUT2D eigenvalue weighted by molar-refractivity contribution is -0.385. The lowest BCUT2D eigenvalue weighted by Crippen LogP contribution is -2.13. The SMILES string of the molecule is Cc1c(F)cc(C(=O)Nc2ccc(Cl)c(Cl)c2)cc1[N+](=O)[O-]. The van der Waals surface area contributed by atoms with Gasteiger partial charge in [0.25, 0.3) is 11.6 Å². The summed E-state index contributed by atoms with van der Waals surface area (Å²) in [5, 5.41) is 13.9. The van der Waals surface area contributed by atoms with Gasteiger partial charge in [-0.1, -0.05) is 23.2 Å². The number of rotatable bonds is 3. The number of amides is 1. The minimum atomic E-state index is -0.825. The van der Waals surface area contributed by atoms with Gasteiger partial charge in [-0.25, -0.2) is 4.39 Å². The van der Waals surface area contributed by atoms with Gasteiger partial charge >= 0.3 is 0 Å². The molecule has 22 heavy (non-hydrogen) atoms. The highest BCUT2D eigenvalue weighted by molar-refractivity contribution is 6.42. The van der Waals surface area contributed by atoms with E-state index < -0.39 is 22.3 Å². The highest BCUT2D eigenvalue weighted by Crippen LogP contribution is 2.26. The van der Waals surface area contributed by atoms with Crippen molar-refractivity contribution in [2.24, 2.45) is 0 Å². The summed E-state index contributed by atoms with van der Waals surface area (Å²) < 4.78 is 13.7. The Morgan fingerprint density at radius 2 is 1.91 bits per heavy atom. The average molecular weight is 343 g/mol. The van der Waals surface area contributed by atoms with Crippen LogP contribution in [0, 0.1) is 22.9 Å². The van der Waals surface area contributed by atoms with Crippen LogP contribution in [0.5, 0.6) is 0 Å². The third-order valence-electron chi connectivity index (χ3n) is 2.95. The zero-order valence-corrected chi connectivity index (χ0v) is 12.7. The molecular formula is C14H9Cl2FN2O3. The van der Waals surface area contributed by atoms with Crippen molar-refractivity contribution in [1.82, 2.24) is 0 Å². The average Bonchev–Trinajstić information content (AvgIpc) is 2.45. The third kappa shape index (κ3) is 3.35. The standard InChI is InChI=1S/C14H9Cl2FN2O3/c1-7-12(17)4-8(5-13(7)19(21)22)14(20)18-9-2-3-10(15)11(16)6-9/h2-6H,1H3,(H,18,20). The van der Waals surface area contributed by atoms with Crippen molar-refractivity contribution in [3.63, 3.8) is 0 Å². The maximum Gasteiger partial charge on any atom is 0.276 e. The molecule has 0 spiro atoms. The summed E-state index contributed by atoms with van der Waals surface area (Å²) in [7, 11) is 0. The Kier molecular flexibility index (Phi) is 4.63. The molecule has 0 saturated carbocycles. The summed E-state index contributed by atoms with van der Waals surface area (Å²) in [5.41, 5.74) is -0.417. The fourth-order valence-corrected chi connectivity index (χ4v) is 2.06. The molecule has 2 aromatic rings. The van der Waals surface area contributed by atoms with Crippen molar-refractivity contribution in [2.45, 2.75) is 6.92 Å². The summed E-state index contributed by atoms with van der Waals surface area (Å²) in [5.74, 6) is -1.52. The first-order valence-electron chi connectivity index (χ1n) is 6.00. The fraction of sp³-hybridized carbons (Fsp3) is 0.0714. The van der Waals surface area contributed by atoms with Crippen molar-refractivity contribution >= 4 is 40.5 Å². The first kappa shape index (κ1) is 16.2. The topological polar surface area (TPSA) is 72.2 Å². The zero-order chi connectivity index (χ0) is 16.4. The Morgan fingerprint density at radius 3 is 2.50 bits per heavy atom. The summed E-state index contributed by atoms with van der Waals surface area (Å²) in [4.78, 5) is 22.2. The third-order valence-corrected chi connectivity index (χ3v) is 3.69. The molecule has 0 bridgehead atoms. The van der Waals surface area contributed by atoms with Gasteiger partial charge in [0.05, 0.1) is 20.5 Å². The molecule has 0 atom stereocenters. The molecule has 0 radical (unpaired) electrons. The summed E-state index contributed by atoms with van der Waals surface area (Å²) in [6, 6.07) is 6.37. The smallest absolute Gasteiger partial charge is 0.276 e. The number of anilines is 1. The van der Waals surface area contributed by atoms with E-state index in [2.05, 4.69) is 5.32 Å². The van der Waals surface area contributed by atoms with Crippen LogP contribution < -0.4 is 5.32 Å². The second-order valence-corrected chi connectivity index (χ2v) is 5.26. The van der Waals surface area contributed by atoms with Gasteiger partial charge in [-0.05, 0) is 31.2 Å². The molecule has 0 unspecified atom stereocenters. The molecule has 2 aromatic carbocycles. The Bertz CT molecular complexity index is 781. The maximum absolute atomic E-state index is 13.7. The van der Waals surface area contributed by atoms with Gasteiger partial charge in [-0.15, -0.1) is 0 Å². The number of carbonyl (C=O) groups is 1. The lowest BCUT2D eigenvalue weighted by Gasteiger charge is -2.07. The van der Waals surface area contributed by atoms with E-state index in [-0.39, 0.29) is 16.1 Å². The molecule has 0 saturated heterocycles. The van der Waals surface area contributed by atoms with Gasteiger partial charge in [-0.3, -0.25) is 14.9 Å². The predicted molar refractivity (Wildman–Crippen MR) is 82.2 cm³/mol. The second kappa shape index (κ2) is 6.29. The highest BCUT2D eigenvalue weighted by atomic mass is 35.5. The largest absolute Gasteiger partial charge is 0.322 e. The van der Waals surface area contributed by atoms with Crippen LogP contribution in [0.15, 0.2) is 30.3 Å². The van der Waals surface area contributed by atoms with Crippen LogP contribution in [-0.2, 0) is 0 Å². The molecule has 0 aliphatic rings. The number of halogens is 3. The highest BCUT2D eigenvalue weighted by Gasteiger charge is 2.19. The number of carbonyl (C=O) groups excluding carboxylic acids is 1. The zero-order valence-electron chi connectivity index (χ0n) is 11.2. The Hall–Kier alpha value is -2.18. The molecule has 1 amide bonds. The predicted octanol–water partition coefficient (Wildman–Crippen LogP) is 4.60. The molecule has 0 fully saturated rings. The Labute approximate surface area is 134 Å². The lowest BCUT2D eigenvalue weighted by atomic mass is 10.1. The van der Waals surface area contributed by atoms with E-state index in [1.807, 2.05) is 0 Å². The number of hydrogen-bond acceptors (Lipinski definition) is 3. The monoisotopic (exact) mass is 342 g/mol. The van der Waals surface area contributed by atoms with E-state index in [0.717, 1.165) is 12.1 Å². The number of nitro benzene ring substituents is 1. The number of nitro groups is 1. The molecule has 0 heterocycles. The molecule has 0 aliphatic carbocycles. The number of nitrogens with one attached hydrogen (secondary N) is 1. The van der Waals surface area contributed by atoms with Gasteiger partial charge < -0.3 is 5.32 Å². The summed E-state index contributed by atoms with van der Waals surface area (Å²) in [6.45, 7) is 1.27. The van der Waals surface area contributed by atoms with Crippen molar-refractivity contribution in [3.05, 3.63) is 67.4 Å².